The number of rotatable bonds is 6. The first-order valence-corrected chi connectivity index (χ1v) is 9.86. The summed E-state index contributed by atoms with van der Waals surface area (Å²) in [4.78, 5) is 27.6. The van der Waals surface area contributed by atoms with Crippen LogP contribution in [0.5, 0.6) is 11.5 Å². The minimum Gasteiger partial charge on any atom is -0.490 e. The summed E-state index contributed by atoms with van der Waals surface area (Å²) in [6.07, 6.45) is 2.42. The van der Waals surface area contributed by atoms with Gasteiger partial charge in [-0.25, -0.2) is 0 Å². The van der Waals surface area contributed by atoms with Crippen molar-refractivity contribution in [3.8, 4) is 11.5 Å². The van der Waals surface area contributed by atoms with Crippen LogP contribution >= 0.6 is 28.1 Å². The summed E-state index contributed by atoms with van der Waals surface area (Å²) >= 11 is 8.61. The molecule has 1 saturated heterocycles. The number of nitrogens with zero attached hydrogens (tertiary/aromatic N) is 2. The van der Waals surface area contributed by atoms with Crippen LogP contribution in [0.4, 0.5) is 0 Å². The second-order valence-electron chi connectivity index (χ2n) is 6.17. The molecule has 146 valence electrons. The second kappa shape index (κ2) is 8.84. The number of halogens is 1. The topological polar surface area (TPSA) is 59.1 Å². The van der Waals surface area contributed by atoms with Crippen molar-refractivity contribution in [2.75, 3.05) is 20.7 Å². The number of amides is 2. The summed E-state index contributed by atoms with van der Waals surface area (Å²) in [5.74, 6) is 0.284. The Morgan fingerprint density at radius 1 is 1.19 bits per heavy atom. The summed E-state index contributed by atoms with van der Waals surface area (Å²) in [5.41, 5.74) is 0.687. The van der Waals surface area contributed by atoms with Gasteiger partial charge in [-0.1, -0.05) is 6.92 Å². The highest BCUT2D eigenvalue weighted by molar-refractivity contribution is 9.10. The van der Waals surface area contributed by atoms with E-state index in [4.69, 9.17) is 21.7 Å². The molecular formula is C19H23BrN2O4S. The van der Waals surface area contributed by atoms with Gasteiger partial charge < -0.3 is 9.47 Å². The van der Waals surface area contributed by atoms with E-state index in [2.05, 4.69) is 15.9 Å². The fraction of sp³-hybridized carbons (Fsp3) is 0.421. The third-order valence-electron chi connectivity index (χ3n) is 4.18. The molecule has 27 heavy (non-hydrogen) atoms. The molecule has 1 aromatic rings. The lowest BCUT2D eigenvalue weighted by Crippen LogP contribution is -2.52. The summed E-state index contributed by atoms with van der Waals surface area (Å²) in [6.45, 7) is 6.35. The zero-order valence-corrected chi connectivity index (χ0v) is 18.4. The van der Waals surface area contributed by atoms with Crippen LogP contribution in [-0.4, -0.2) is 53.5 Å². The number of likely N-dealkylation sites (N-methyl/N-ethyl adjacent to an activating group) is 2. The van der Waals surface area contributed by atoms with Crippen molar-refractivity contribution < 1.29 is 19.1 Å². The third-order valence-corrected chi connectivity index (χ3v) is 5.32. The van der Waals surface area contributed by atoms with E-state index in [0.717, 1.165) is 6.42 Å². The molecule has 0 aliphatic carbocycles. The highest BCUT2D eigenvalue weighted by Gasteiger charge is 2.35. The van der Waals surface area contributed by atoms with Crippen LogP contribution in [0.15, 0.2) is 22.2 Å². The summed E-state index contributed by atoms with van der Waals surface area (Å²) in [6, 6.07) is 3.55. The van der Waals surface area contributed by atoms with E-state index >= 15 is 0 Å². The van der Waals surface area contributed by atoms with Gasteiger partial charge in [-0.05, 0) is 72.2 Å². The molecule has 1 atom stereocenters. The van der Waals surface area contributed by atoms with Gasteiger partial charge in [0.2, 0.25) is 0 Å². The van der Waals surface area contributed by atoms with Gasteiger partial charge in [-0.3, -0.25) is 19.4 Å². The predicted molar refractivity (Wildman–Crippen MR) is 112 cm³/mol. The molecule has 0 N–H and O–H groups in total. The van der Waals surface area contributed by atoms with Gasteiger partial charge in [0.05, 0.1) is 17.2 Å². The number of thiocarbonyl (C=S) groups is 1. The second-order valence-corrected chi connectivity index (χ2v) is 7.39. The van der Waals surface area contributed by atoms with Gasteiger partial charge in [-0.15, -0.1) is 0 Å². The van der Waals surface area contributed by atoms with Gasteiger partial charge in [0, 0.05) is 14.1 Å². The first kappa shape index (κ1) is 21.4. The number of hydrogen-bond acceptors (Lipinski definition) is 5. The molecule has 6 nitrogen and oxygen atoms in total. The van der Waals surface area contributed by atoms with E-state index in [1.165, 1.54) is 9.80 Å². The minimum atomic E-state index is -0.433. The number of benzene rings is 1. The SMILES string of the molecule is CCOc1cc(C=C2C(=O)N(C)C(=S)N(C)C2=O)cc(Br)c1O[C@@H](C)CC. The van der Waals surface area contributed by atoms with Crippen molar-refractivity contribution in [2.45, 2.75) is 33.3 Å². The Hall–Kier alpha value is -1.93. The molecule has 0 spiro atoms. The molecule has 0 bridgehead atoms. The Bertz CT molecular complexity index is 783. The maximum atomic E-state index is 12.5. The lowest BCUT2D eigenvalue weighted by molar-refractivity contribution is -0.132. The lowest BCUT2D eigenvalue weighted by Gasteiger charge is -2.31. The molecule has 2 rings (SSSR count). The van der Waals surface area contributed by atoms with Gasteiger partial charge in [-0.2, -0.15) is 0 Å². The molecule has 8 heteroatoms. The maximum absolute atomic E-state index is 12.5. The molecule has 0 unspecified atom stereocenters. The van der Waals surface area contributed by atoms with Crippen molar-refractivity contribution in [1.82, 2.24) is 9.80 Å². The van der Waals surface area contributed by atoms with Crippen molar-refractivity contribution in [3.63, 3.8) is 0 Å². The predicted octanol–water partition coefficient (Wildman–Crippen LogP) is 3.62. The number of ether oxygens (including phenoxy) is 2. The Kier molecular flexibility index (Phi) is 7.00. The number of carbonyl (C=O) groups is 2. The Morgan fingerprint density at radius 2 is 1.78 bits per heavy atom. The van der Waals surface area contributed by atoms with Crippen LogP contribution in [0.25, 0.3) is 6.08 Å². The van der Waals surface area contributed by atoms with Gasteiger partial charge in [0.1, 0.15) is 5.57 Å². The summed E-state index contributed by atoms with van der Waals surface area (Å²) < 4.78 is 12.4. The third kappa shape index (κ3) is 4.50. The van der Waals surface area contributed by atoms with Crippen LogP contribution < -0.4 is 9.47 Å². The highest BCUT2D eigenvalue weighted by atomic mass is 79.9. The van der Waals surface area contributed by atoms with E-state index in [9.17, 15) is 9.59 Å². The first-order chi connectivity index (χ1) is 12.7. The van der Waals surface area contributed by atoms with Crippen molar-refractivity contribution in [3.05, 3.63) is 27.7 Å². The van der Waals surface area contributed by atoms with Crippen molar-refractivity contribution in [2.24, 2.45) is 0 Å². The molecular weight excluding hydrogens is 432 g/mol. The van der Waals surface area contributed by atoms with Gasteiger partial charge in [0.15, 0.2) is 16.6 Å². The van der Waals surface area contributed by atoms with Gasteiger partial charge in [0.25, 0.3) is 11.8 Å². The van der Waals surface area contributed by atoms with Crippen LogP contribution in [0.1, 0.15) is 32.8 Å². The molecule has 1 aliphatic heterocycles. The Balaban J connectivity index is 2.49. The van der Waals surface area contributed by atoms with Gasteiger partial charge >= 0.3 is 0 Å². The van der Waals surface area contributed by atoms with E-state index < -0.39 is 11.8 Å². The lowest BCUT2D eigenvalue weighted by atomic mass is 10.1. The molecule has 0 aromatic heterocycles. The fourth-order valence-corrected chi connectivity index (χ4v) is 3.19. The zero-order valence-electron chi connectivity index (χ0n) is 16.0. The van der Waals surface area contributed by atoms with E-state index in [-0.39, 0.29) is 16.8 Å². The average Bonchev–Trinajstić information content (AvgIpc) is 2.64. The molecule has 0 radical (unpaired) electrons. The molecule has 1 aromatic carbocycles. The smallest absolute Gasteiger partial charge is 0.265 e. The molecule has 0 saturated carbocycles. The van der Waals surface area contributed by atoms with E-state index in [0.29, 0.717) is 28.1 Å². The maximum Gasteiger partial charge on any atom is 0.265 e. The summed E-state index contributed by atoms with van der Waals surface area (Å²) in [5, 5.41) is 0.177. The van der Waals surface area contributed by atoms with Crippen molar-refractivity contribution in [1.29, 1.82) is 0 Å². The molecule has 1 aliphatic rings. The summed E-state index contributed by atoms with van der Waals surface area (Å²) in [7, 11) is 3.10. The molecule has 1 fully saturated rings. The van der Waals surface area contributed by atoms with Crippen LogP contribution in [0.3, 0.4) is 0 Å². The van der Waals surface area contributed by atoms with Crippen LogP contribution in [-0.2, 0) is 9.59 Å². The normalized spacial score (nSPS) is 15.9. The highest BCUT2D eigenvalue weighted by Crippen LogP contribution is 2.38. The largest absolute Gasteiger partial charge is 0.490 e. The Morgan fingerprint density at radius 3 is 2.30 bits per heavy atom. The first-order valence-electron chi connectivity index (χ1n) is 8.65. The monoisotopic (exact) mass is 454 g/mol. The standard InChI is InChI=1S/C19H23BrN2O4S/c1-6-11(3)26-16-14(20)9-12(10-15(16)25-7-2)8-13-17(23)21(4)19(27)22(5)18(13)24/h8-11H,6-7H2,1-5H3/t11-/m0/s1. The number of hydrogen-bond donors (Lipinski definition) is 0. The molecule has 1 heterocycles. The van der Waals surface area contributed by atoms with Crippen molar-refractivity contribution >= 4 is 51.2 Å². The number of carbonyl (C=O) groups excluding carboxylic acids is 2. The van der Waals surface area contributed by atoms with E-state index in [1.807, 2.05) is 20.8 Å². The fourth-order valence-electron chi connectivity index (χ4n) is 2.47. The van der Waals surface area contributed by atoms with Crippen LogP contribution in [0.2, 0.25) is 0 Å². The quantitative estimate of drug-likeness (QED) is 0.373. The average molecular weight is 455 g/mol. The minimum absolute atomic E-state index is 0.0227. The van der Waals surface area contributed by atoms with E-state index in [1.54, 1.807) is 32.3 Å². The zero-order chi connectivity index (χ0) is 20.3. The Labute approximate surface area is 173 Å². The molecule has 2 amide bonds. The van der Waals surface area contributed by atoms with Crippen LogP contribution in [0, 0.1) is 0 Å².